The highest BCUT2D eigenvalue weighted by atomic mass is 32.2. The van der Waals surface area contributed by atoms with Gasteiger partial charge in [0.05, 0.1) is 11.0 Å². The predicted octanol–water partition coefficient (Wildman–Crippen LogP) is 3.23. The molecule has 0 saturated heterocycles. The molecular weight excluding hydrogens is 292 g/mol. The number of thioether (sulfide) groups is 1. The number of hydrogen-bond donors (Lipinski definition) is 0. The third-order valence-corrected chi connectivity index (χ3v) is 7.05. The molecule has 0 heterocycles. The lowest BCUT2D eigenvalue weighted by Gasteiger charge is -2.27. The van der Waals surface area contributed by atoms with E-state index >= 15 is 0 Å². The van der Waals surface area contributed by atoms with Crippen LogP contribution >= 0.6 is 11.8 Å². The number of rotatable bonds is 4. The maximum atomic E-state index is 12.3. The maximum absolute atomic E-state index is 12.3. The molecule has 110 valence electrons. The lowest BCUT2D eigenvalue weighted by molar-refractivity contribution is 0.149. The van der Waals surface area contributed by atoms with Gasteiger partial charge in [0, 0.05) is 5.25 Å². The second-order valence-corrected chi connectivity index (χ2v) is 8.56. The van der Waals surface area contributed by atoms with E-state index in [0.717, 1.165) is 18.4 Å². The summed E-state index contributed by atoms with van der Waals surface area (Å²) >= 11 is 1.85. The quantitative estimate of drug-likeness (QED) is 0.801. The van der Waals surface area contributed by atoms with Gasteiger partial charge in [-0.15, -0.1) is 0 Å². The fraction of sp³-hybridized carbons (Fsp3) is 0.600. The van der Waals surface area contributed by atoms with E-state index in [2.05, 4.69) is 6.26 Å². The van der Waals surface area contributed by atoms with Crippen molar-refractivity contribution >= 4 is 21.9 Å². The Kier molecular flexibility index (Phi) is 3.86. The second-order valence-electron chi connectivity index (χ2n) is 5.91. The Balaban J connectivity index is 1.76. The van der Waals surface area contributed by atoms with E-state index in [1.165, 1.54) is 6.42 Å². The first-order chi connectivity index (χ1) is 9.49. The fourth-order valence-corrected chi connectivity index (χ4v) is 5.76. The van der Waals surface area contributed by atoms with Crippen LogP contribution in [0.2, 0.25) is 0 Å². The van der Waals surface area contributed by atoms with E-state index in [0.29, 0.717) is 17.1 Å². The van der Waals surface area contributed by atoms with Gasteiger partial charge in [-0.05, 0) is 56.4 Å². The Morgan fingerprint density at radius 3 is 2.45 bits per heavy atom. The van der Waals surface area contributed by atoms with E-state index < -0.39 is 10.1 Å². The zero-order chi connectivity index (χ0) is 14.3. The first-order valence-electron chi connectivity index (χ1n) is 7.02. The van der Waals surface area contributed by atoms with Crippen molar-refractivity contribution in [3.8, 4) is 0 Å². The van der Waals surface area contributed by atoms with Crippen molar-refractivity contribution in [2.45, 2.75) is 42.4 Å². The molecule has 0 unspecified atom stereocenters. The third-order valence-electron chi connectivity index (χ3n) is 4.55. The monoisotopic (exact) mass is 312 g/mol. The number of hydrogen-bond acceptors (Lipinski definition) is 4. The zero-order valence-electron chi connectivity index (χ0n) is 11.8. The number of benzene rings is 1. The van der Waals surface area contributed by atoms with Crippen LogP contribution < -0.4 is 0 Å². The smallest absolute Gasteiger partial charge is 0.263 e. The molecule has 2 aliphatic carbocycles. The average molecular weight is 312 g/mol. The summed E-state index contributed by atoms with van der Waals surface area (Å²) in [7, 11) is -3.62. The number of fused-ring (bicyclic) bond motifs is 2. The third kappa shape index (κ3) is 2.63. The first-order valence-corrected chi connectivity index (χ1v) is 9.72. The normalized spacial score (nSPS) is 32.7. The summed E-state index contributed by atoms with van der Waals surface area (Å²) in [6.45, 7) is 1.94. The molecule has 5 heteroatoms. The molecule has 0 spiro atoms. The van der Waals surface area contributed by atoms with Crippen molar-refractivity contribution in [1.82, 2.24) is 0 Å². The molecule has 20 heavy (non-hydrogen) atoms. The SMILES string of the molecule is CS[C@H]1C[C@H]2C[C@@H]1[C@H](OS(=O)(=O)c1ccc(C)cc1)C2. The van der Waals surface area contributed by atoms with Gasteiger partial charge in [-0.2, -0.15) is 20.2 Å². The van der Waals surface area contributed by atoms with Gasteiger partial charge < -0.3 is 0 Å². The van der Waals surface area contributed by atoms with Crippen molar-refractivity contribution in [3.63, 3.8) is 0 Å². The van der Waals surface area contributed by atoms with Crippen LogP contribution in [-0.2, 0) is 14.3 Å². The van der Waals surface area contributed by atoms with Crippen molar-refractivity contribution in [2.24, 2.45) is 11.8 Å². The van der Waals surface area contributed by atoms with E-state index in [1.807, 2.05) is 30.8 Å². The molecular formula is C15H20O3S2. The van der Waals surface area contributed by atoms with Crippen molar-refractivity contribution in [1.29, 1.82) is 0 Å². The van der Waals surface area contributed by atoms with Gasteiger partial charge in [-0.1, -0.05) is 17.7 Å². The van der Waals surface area contributed by atoms with E-state index in [1.54, 1.807) is 12.1 Å². The standard InChI is InChI=1S/C15H20O3S2/c1-10-3-5-12(6-4-10)20(16,17)18-14-8-11-7-13(14)15(9-11)19-2/h3-6,11,13-15H,7-9H2,1-2H3/t11-,13+,14+,15-/m0/s1. The van der Waals surface area contributed by atoms with Crippen LogP contribution in [0.4, 0.5) is 0 Å². The Morgan fingerprint density at radius 1 is 1.15 bits per heavy atom. The van der Waals surface area contributed by atoms with Crippen LogP contribution in [0.1, 0.15) is 24.8 Å². The van der Waals surface area contributed by atoms with Gasteiger partial charge in [-0.3, -0.25) is 4.18 Å². The van der Waals surface area contributed by atoms with Crippen LogP contribution in [0, 0.1) is 18.8 Å². The Morgan fingerprint density at radius 2 is 1.85 bits per heavy atom. The van der Waals surface area contributed by atoms with Gasteiger partial charge in [0.25, 0.3) is 10.1 Å². The van der Waals surface area contributed by atoms with Crippen LogP contribution in [0.3, 0.4) is 0 Å². The van der Waals surface area contributed by atoms with Crippen LogP contribution in [0.5, 0.6) is 0 Å². The predicted molar refractivity (Wildman–Crippen MR) is 81.4 cm³/mol. The average Bonchev–Trinajstić information content (AvgIpc) is 2.97. The Labute approximate surface area is 125 Å². The molecule has 3 nitrogen and oxygen atoms in total. The molecule has 4 atom stereocenters. The second kappa shape index (κ2) is 5.35. The molecule has 0 radical (unpaired) electrons. The van der Waals surface area contributed by atoms with Gasteiger partial charge in [0.15, 0.2) is 0 Å². The summed E-state index contributed by atoms with van der Waals surface area (Å²) < 4.78 is 30.2. The highest BCUT2D eigenvalue weighted by Gasteiger charge is 2.48. The summed E-state index contributed by atoms with van der Waals surface area (Å²) in [5.41, 5.74) is 1.05. The van der Waals surface area contributed by atoms with E-state index in [4.69, 9.17) is 4.18 Å². The lowest BCUT2D eigenvalue weighted by Crippen LogP contribution is -2.31. The van der Waals surface area contributed by atoms with Crippen LogP contribution in [0.15, 0.2) is 29.2 Å². The molecule has 0 amide bonds. The van der Waals surface area contributed by atoms with Gasteiger partial charge in [-0.25, -0.2) is 0 Å². The molecule has 3 rings (SSSR count). The number of aryl methyl sites for hydroxylation is 1. The lowest BCUT2D eigenvalue weighted by atomic mass is 9.97. The molecule has 2 fully saturated rings. The Bertz CT molecular complexity index is 580. The van der Waals surface area contributed by atoms with Gasteiger partial charge >= 0.3 is 0 Å². The van der Waals surface area contributed by atoms with Crippen molar-refractivity contribution in [2.75, 3.05) is 6.26 Å². The largest absolute Gasteiger partial charge is 0.297 e. The molecule has 2 saturated carbocycles. The van der Waals surface area contributed by atoms with Gasteiger partial charge in [0.1, 0.15) is 0 Å². The summed E-state index contributed by atoms with van der Waals surface area (Å²) in [5.74, 6) is 1.05. The van der Waals surface area contributed by atoms with Crippen molar-refractivity contribution < 1.29 is 12.6 Å². The molecule has 0 aliphatic heterocycles. The minimum Gasteiger partial charge on any atom is -0.263 e. The highest BCUT2D eigenvalue weighted by molar-refractivity contribution is 7.99. The summed E-state index contributed by atoms with van der Waals surface area (Å²) in [6.07, 6.45) is 5.22. The Hall–Kier alpha value is -0.520. The molecule has 2 aliphatic rings. The molecule has 1 aromatic rings. The van der Waals surface area contributed by atoms with Gasteiger partial charge in [0.2, 0.25) is 0 Å². The minimum absolute atomic E-state index is 0.127. The summed E-state index contributed by atoms with van der Waals surface area (Å²) in [6, 6.07) is 6.87. The first kappa shape index (κ1) is 14.4. The molecule has 0 aromatic heterocycles. The van der Waals surface area contributed by atoms with E-state index in [-0.39, 0.29) is 11.0 Å². The maximum Gasteiger partial charge on any atom is 0.297 e. The zero-order valence-corrected chi connectivity index (χ0v) is 13.4. The highest BCUT2D eigenvalue weighted by Crippen LogP contribution is 2.50. The van der Waals surface area contributed by atoms with Crippen LogP contribution in [-0.4, -0.2) is 26.0 Å². The summed E-state index contributed by atoms with van der Waals surface area (Å²) in [5, 5.41) is 0.562. The fourth-order valence-electron chi connectivity index (χ4n) is 3.53. The topological polar surface area (TPSA) is 43.4 Å². The van der Waals surface area contributed by atoms with Crippen molar-refractivity contribution in [3.05, 3.63) is 29.8 Å². The van der Waals surface area contributed by atoms with Crippen LogP contribution in [0.25, 0.3) is 0 Å². The summed E-state index contributed by atoms with van der Waals surface area (Å²) in [4.78, 5) is 0.270. The molecule has 2 bridgehead atoms. The van der Waals surface area contributed by atoms with E-state index in [9.17, 15) is 8.42 Å². The molecule has 0 N–H and O–H groups in total. The minimum atomic E-state index is -3.62. The molecule has 1 aromatic carbocycles.